The van der Waals surface area contributed by atoms with Crippen LogP contribution in [0.25, 0.3) is 10.9 Å². The number of carbonyl (C=O) groups excluding carboxylic acids is 3. The lowest BCUT2D eigenvalue weighted by Crippen LogP contribution is -2.58. The number of piperidine rings is 1. The van der Waals surface area contributed by atoms with E-state index < -0.39 is 6.04 Å². The summed E-state index contributed by atoms with van der Waals surface area (Å²) in [6.45, 7) is 0.984. The second-order valence-corrected chi connectivity index (χ2v) is 11.1. The van der Waals surface area contributed by atoms with Gasteiger partial charge in [0, 0.05) is 43.7 Å². The predicted octanol–water partition coefficient (Wildman–Crippen LogP) is 4.35. The summed E-state index contributed by atoms with van der Waals surface area (Å²) in [7, 11) is 1.63. The third-order valence-corrected chi connectivity index (χ3v) is 7.99. The van der Waals surface area contributed by atoms with Crippen LogP contribution in [-0.2, 0) is 27.4 Å². The van der Waals surface area contributed by atoms with E-state index >= 15 is 0 Å². The van der Waals surface area contributed by atoms with Crippen LogP contribution in [0.1, 0.15) is 34.3 Å². The zero-order chi connectivity index (χ0) is 29.8. The molecule has 1 fully saturated rings. The fraction of sp³-hybridized carbons (Fsp3) is 0.294. The second kappa shape index (κ2) is 12.6. The Balaban J connectivity index is 1.24. The van der Waals surface area contributed by atoms with Crippen molar-refractivity contribution in [3.05, 3.63) is 102 Å². The summed E-state index contributed by atoms with van der Waals surface area (Å²) in [5.74, 6) is 0.830. The zero-order valence-corrected chi connectivity index (χ0v) is 24.1. The Morgan fingerprint density at radius 1 is 0.930 bits per heavy atom. The Hall–Kier alpha value is -4.76. The first-order valence-electron chi connectivity index (χ1n) is 14.6. The first kappa shape index (κ1) is 28.4. The van der Waals surface area contributed by atoms with Gasteiger partial charge in [-0.05, 0) is 66.4 Å². The molecule has 3 amide bonds. The highest BCUT2D eigenvalue weighted by atomic mass is 16.5. The van der Waals surface area contributed by atoms with E-state index in [-0.39, 0.29) is 43.3 Å². The zero-order valence-electron chi connectivity index (χ0n) is 24.1. The van der Waals surface area contributed by atoms with Crippen LogP contribution >= 0.6 is 0 Å². The fourth-order valence-electron chi connectivity index (χ4n) is 5.71. The van der Waals surface area contributed by atoms with Crippen LogP contribution in [-0.4, -0.2) is 71.3 Å². The van der Waals surface area contributed by atoms with Gasteiger partial charge in [-0.2, -0.15) is 0 Å². The van der Waals surface area contributed by atoms with Crippen LogP contribution in [0, 0.1) is 0 Å². The minimum Gasteiger partial charge on any atom is -0.457 e. The van der Waals surface area contributed by atoms with Gasteiger partial charge in [0.25, 0.3) is 5.91 Å². The van der Waals surface area contributed by atoms with E-state index in [1.807, 2.05) is 78.9 Å². The number of amides is 3. The average Bonchev–Trinajstić information content (AvgIpc) is 3.02. The number of nitrogens with one attached hydrogen (secondary N) is 1. The minimum atomic E-state index is -0.458. The summed E-state index contributed by atoms with van der Waals surface area (Å²) in [4.78, 5) is 47.4. The molecule has 0 saturated carbocycles. The van der Waals surface area contributed by atoms with E-state index in [4.69, 9.17) is 9.47 Å². The van der Waals surface area contributed by atoms with Crippen LogP contribution in [0.4, 0.5) is 0 Å². The molecule has 0 spiro atoms. The number of hydrogen-bond donors (Lipinski definition) is 1. The minimum absolute atomic E-state index is 0.0871. The van der Waals surface area contributed by atoms with Gasteiger partial charge in [-0.25, -0.2) is 0 Å². The lowest BCUT2D eigenvalue weighted by Gasteiger charge is -2.39. The summed E-state index contributed by atoms with van der Waals surface area (Å²) in [6, 6.07) is 24.2. The molecule has 220 valence electrons. The fourth-order valence-corrected chi connectivity index (χ4v) is 5.71. The summed E-state index contributed by atoms with van der Waals surface area (Å²) in [5, 5.41) is 3.86. The maximum absolute atomic E-state index is 13.7. The molecule has 3 aromatic carbocycles. The van der Waals surface area contributed by atoms with E-state index in [0.717, 1.165) is 22.0 Å². The molecule has 4 bridgehead atoms. The van der Waals surface area contributed by atoms with Crippen molar-refractivity contribution in [2.24, 2.45) is 0 Å². The van der Waals surface area contributed by atoms with Crippen molar-refractivity contribution in [3.8, 4) is 11.5 Å². The van der Waals surface area contributed by atoms with Crippen molar-refractivity contribution in [2.75, 3.05) is 26.7 Å². The number of nitrogens with zero attached hydrogens (tertiary/aromatic N) is 3. The number of fused-ring (bicyclic) bond motifs is 6. The topological polar surface area (TPSA) is 101 Å². The quantitative estimate of drug-likeness (QED) is 0.361. The van der Waals surface area contributed by atoms with Gasteiger partial charge in [0.1, 0.15) is 11.5 Å². The molecule has 0 radical (unpaired) electrons. The number of aryl methyl sites for hydroxylation is 1. The molecule has 9 nitrogen and oxygen atoms in total. The Labute approximate surface area is 250 Å². The van der Waals surface area contributed by atoms with Crippen molar-refractivity contribution >= 4 is 28.6 Å². The van der Waals surface area contributed by atoms with Gasteiger partial charge < -0.3 is 24.6 Å². The van der Waals surface area contributed by atoms with Gasteiger partial charge in [-0.1, -0.05) is 36.4 Å². The van der Waals surface area contributed by atoms with Gasteiger partial charge in [-0.15, -0.1) is 0 Å². The maximum atomic E-state index is 13.7. The van der Waals surface area contributed by atoms with Crippen molar-refractivity contribution in [2.45, 2.75) is 38.0 Å². The van der Waals surface area contributed by atoms with Gasteiger partial charge in [0.05, 0.1) is 30.8 Å². The number of likely N-dealkylation sites (tertiary alicyclic amines) is 1. The molecule has 0 aliphatic carbocycles. The second-order valence-electron chi connectivity index (χ2n) is 11.1. The van der Waals surface area contributed by atoms with E-state index in [0.29, 0.717) is 43.1 Å². The average molecular weight is 579 g/mol. The highest BCUT2D eigenvalue weighted by Crippen LogP contribution is 2.26. The number of likely N-dealkylation sites (N-methyl/N-ethyl adjacent to an activating group) is 1. The number of hydrogen-bond acceptors (Lipinski definition) is 6. The lowest BCUT2D eigenvalue weighted by molar-refractivity contribution is -0.135. The smallest absolute Gasteiger partial charge is 0.254 e. The molecule has 6 rings (SSSR count). The SMILES string of the molecule is CN1CC(=O)N[C@H]2CN(C(=O)c3cccc4ncccc34)CC[C@H]2OCc2cccc(c2)Oc2cccc(c2)CCC1=O. The highest BCUT2D eigenvalue weighted by molar-refractivity contribution is 6.06. The number of carbonyl (C=O) groups is 3. The molecule has 1 aromatic heterocycles. The van der Waals surface area contributed by atoms with Gasteiger partial charge in [0.15, 0.2) is 0 Å². The standard InChI is InChI=1S/C34H34N4O5/c1-37-21-32(39)36-30-20-38(34(41)28-10-4-12-29-27(28)11-5-16-35-29)17-15-31(30)42-22-24-7-3-9-26(19-24)43-25-8-2-6-23(18-25)13-14-33(37)40/h2-12,16,18-19,30-31H,13-15,17,20-22H2,1H3,(H,36,39)/t30-,31+/m0/s1. The van der Waals surface area contributed by atoms with Crippen molar-refractivity contribution in [1.29, 1.82) is 0 Å². The molecule has 3 heterocycles. The van der Waals surface area contributed by atoms with E-state index in [1.165, 1.54) is 4.90 Å². The Morgan fingerprint density at radius 3 is 2.53 bits per heavy atom. The summed E-state index contributed by atoms with van der Waals surface area (Å²) < 4.78 is 12.5. The van der Waals surface area contributed by atoms with Crippen LogP contribution in [0.2, 0.25) is 0 Å². The number of rotatable bonds is 1. The number of ether oxygens (including phenoxy) is 2. The molecule has 2 atom stereocenters. The largest absolute Gasteiger partial charge is 0.457 e. The predicted molar refractivity (Wildman–Crippen MR) is 162 cm³/mol. The maximum Gasteiger partial charge on any atom is 0.254 e. The van der Waals surface area contributed by atoms with E-state index in [1.54, 1.807) is 18.1 Å². The van der Waals surface area contributed by atoms with Crippen molar-refractivity contribution in [3.63, 3.8) is 0 Å². The first-order valence-corrected chi connectivity index (χ1v) is 14.6. The highest BCUT2D eigenvalue weighted by Gasteiger charge is 2.34. The van der Waals surface area contributed by atoms with E-state index in [2.05, 4.69) is 10.3 Å². The third-order valence-electron chi connectivity index (χ3n) is 7.99. The molecule has 2 aliphatic heterocycles. The summed E-state index contributed by atoms with van der Waals surface area (Å²) >= 11 is 0. The monoisotopic (exact) mass is 578 g/mol. The van der Waals surface area contributed by atoms with Crippen LogP contribution in [0.3, 0.4) is 0 Å². The molecule has 4 aromatic rings. The van der Waals surface area contributed by atoms with Crippen molar-refractivity contribution < 1.29 is 23.9 Å². The molecule has 0 unspecified atom stereocenters. The normalized spacial score (nSPS) is 19.9. The Bertz CT molecular complexity index is 1650. The van der Waals surface area contributed by atoms with Gasteiger partial charge in [0.2, 0.25) is 11.8 Å². The Morgan fingerprint density at radius 2 is 1.70 bits per heavy atom. The molecular weight excluding hydrogens is 544 g/mol. The Kier molecular flexibility index (Phi) is 8.33. The van der Waals surface area contributed by atoms with Gasteiger partial charge >= 0.3 is 0 Å². The van der Waals surface area contributed by atoms with Crippen LogP contribution in [0.5, 0.6) is 11.5 Å². The number of pyridine rings is 1. The van der Waals surface area contributed by atoms with Crippen LogP contribution in [0.15, 0.2) is 85.1 Å². The van der Waals surface area contributed by atoms with Crippen LogP contribution < -0.4 is 10.1 Å². The lowest BCUT2D eigenvalue weighted by atomic mass is 9.99. The molecule has 1 N–H and O–H groups in total. The van der Waals surface area contributed by atoms with Crippen molar-refractivity contribution in [1.82, 2.24) is 20.1 Å². The summed E-state index contributed by atoms with van der Waals surface area (Å²) in [5.41, 5.74) is 3.23. The first-order chi connectivity index (χ1) is 20.9. The molecule has 1 saturated heterocycles. The summed E-state index contributed by atoms with van der Waals surface area (Å²) in [6.07, 6.45) is 2.71. The third kappa shape index (κ3) is 6.67. The number of aromatic nitrogens is 1. The number of benzene rings is 3. The van der Waals surface area contributed by atoms with Gasteiger partial charge in [-0.3, -0.25) is 19.4 Å². The molecule has 2 aliphatic rings. The van der Waals surface area contributed by atoms with E-state index in [9.17, 15) is 14.4 Å². The molecule has 43 heavy (non-hydrogen) atoms. The molecule has 9 heteroatoms. The molecular formula is C34H34N4O5.